The first-order valence-electron chi connectivity index (χ1n) is 4.68. The number of nitrogens with zero attached hydrogens (tertiary/aromatic N) is 2. The number of amides is 1. The quantitative estimate of drug-likeness (QED) is 0.924. The van der Waals surface area contributed by atoms with Crippen LogP contribution in [0.4, 0.5) is 5.13 Å². The molecule has 0 spiro atoms. The van der Waals surface area contributed by atoms with Gasteiger partial charge in [-0.05, 0) is 18.2 Å². The Morgan fingerprint density at radius 2 is 2.41 bits per heavy atom. The van der Waals surface area contributed by atoms with Gasteiger partial charge in [-0.15, -0.1) is 10.2 Å². The van der Waals surface area contributed by atoms with E-state index in [9.17, 15) is 4.79 Å². The molecule has 0 atom stereocenters. The highest BCUT2D eigenvalue weighted by Gasteiger charge is 2.05. The van der Waals surface area contributed by atoms with E-state index in [-0.39, 0.29) is 12.5 Å². The average molecular weight is 270 g/mol. The number of anilines is 1. The van der Waals surface area contributed by atoms with E-state index in [1.54, 1.807) is 24.3 Å². The number of nitrogens with one attached hydrogen (secondary N) is 1. The fraction of sp³-hybridized carbons (Fsp3) is 0.100. The average Bonchev–Trinajstić information content (AvgIpc) is 2.79. The minimum atomic E-state index is -0.290. The second-order valence-corrected chi connectivity index (χ2v) is 4.31. The number of hydrogen-bond donors (Lipinski definition) is 1. The fourth-order valence-corrected chi connectivity index (χ4v) is 1.73. The highest BCUT2D eigenvalue weighted by molar-refractivity contribution is 7.13. The van der Waals surface area contributed by atoms with Crippen molar-refractivity contribution in [2.45, 2.75) is 0 Å². The van der Waals surface area contributed by atoms with E-state index in [1.807, 2.05) is 0 Å². The number of carbonyl (C=O) groups excluding carboxylic acids is 1. The van der Waals surface area contributed by atoms with Gasteiger partial charge in [0.1, 0.15) is 11.3 Å². The van der Waals surface area contributed by atoms with Crippen LogP contribution in [0.5, 0.6) is 5.75 Å². The zero-order valence-corrected chi connectivity index (χ0v) is 10.2. The zero-order valence-electron chi connectivity index (χ0n) is 8.59. The summed E-state index contributed by atoms with van der Waals surface area (Å²) in [6.45, 7) is -0.0973. The normalized spacial score (nSPS) is 9.94. The fourth-order valence-electron chi connectivity index (χ4n) is 1.09. The Morgan fingerprint density at radius 3 is 3.12 bits per heavy atom. The summed E-state index contributed by atoms with van der Waals surface area (Å²) < 4.78 is 5.26. The monoisotopic (exact) mass is 269 g/mol. The van der Waals surface area contributed by atoms with Gasteiger partial charge >= 0.3 is 0 Å². The summed E-state index contributed by atoms with van der Waals surface area (Å²) in [6, 6.07) is 6.85. The molecule has 0 radical (unpaired) electrons. The van der Waals surface area contributed by atoms with Crippen molar-refractivity contribution in [2.75, 3.05) is 11.9 Å². The molecule has 5 nitrogen and oxygen atoms in total. The van der Waals surface area contributed by atoms with Gasteiger partial charge < -0.3 is 4.74 Å². The Morgan fingerprint density at radius 1 is 1.53 bits per heavy atom. The molecule has 0 bridgehead atoms. The van der Waals surface area contributed by atoms with E-state index in [1.165, 1.54) is 16.8 Å². The molecule has 88 valence electrons. The number of ether oxygens (including phenoxy) is 1. The molecule has 1 amide bonds. The predicted molar refractivity (Wildman–Crippen MR) is 65.5 cm³/mol. The largest absolute Gasteiger partial charge is 0.484 e. The molecule has 2 rings (SSSR count). The van der Waals surface area contributed by atoms with Crippen molar-refractivity contribution >= 4 is 34.0 Å². The number of rotatable bonds is 4. The Bertz CT molecular complexity index is 504. The second-order valence-electron chi connectivity index (χ2n) is 3.04. The third-order valence-electron chi connectivity index (χ3n) is 1.77. The Balaban J connectivity index is 1.84. The highest BCUT2D eigenvalue weighted by atomic mass is 35.5. The summed E-state index contributed by atoms with van der Waals surface area (Å²) in [5.41, 5.74) is 1.54. The molecular formula is C10H8ClN3O2S. The predicted octanol–water partition coefficient (Wildman–Crippen LogP) is 2.21. The van der Waals surface area contributed by atoms with Gasteiger partial charge in [-0.25, -0.2) is 0 Å². The van der Waals surface area contributed by atoms with Crippen molar-refractivity contribution < 1.29 is 9.53 Å². The Kier molecular flexibility index (Phi) is 3.89. The molecule has 17 heavy (non-hydrogen) atoms. The topological polar surface area (TPSA) is 64.1 Å². The van der Waals surface area contributed by atoms with Crippen molar-refractivity contribution in [2.24, 2.45) is 0 Å². The summed E-state index contributed by atoms with van der Waals surface area (Å²) in [7, 11) is 0. The number of hydrogen-bond acceptors (Lipinski definition) is 5. The van der Waals surface area contributed by atoms with E-state index < -0.39 is 0 Å². The lowest BCUT2D eigenvalue weighted by atomic mass is 10.3. The molecule has 1 aromatic heterocycles. The molecule has 2 aromatic rings. The van der Waals surface area contributed by atoms with E-state index in [2.05, 4.69) is 15.5 Å². The van der Waals surface area contributed by atoms with Gasteiger partial charge in [-0.1, -0.05) is 29.0 Å². The lowest BCUT2D eigenvalue weighted by Crippen LogP contribution is -2.20. The summed E-state index contributed by atoms with van der Waals surface area (Å²) in [4.78, 5) is 11.4. The Labute approximate surface area is 106 Å². The van der Waals surface area contributed by atoms with Gasteiger partial charge in [0, 0.05) is 5.02 Å². The molecule has 1 aromatic carbocycles. The molecule has 0 aliphatic rings. The van der Waals surface area contributed by atoms with Crippen LogP contribution in [0, 0.1) is 0 Å². The first-order chi connectivity index (χ1) is 8.24. The van der Waals surface area contributed by atoms with Crippen molar-refractivity contribution in [3.8, 4) is 5.75 Å². The van der Waals surface area contributed by atoms with Gasteiger partial charge in [-0.3, -0.25) is 10.1 Å². The standard InChI is InChI=1S/C10H8ClN3O2S/c11-7-2-1-3-8(4-7)16-5-9(15)13-10-14-12-6-17-10/h1-4,6H,5H2,(H,13,14,15). The van der Waals surface area contributed by atoms with Crippen molar-refractivity contribution in [3.63, 3.8) is 0 Å². The van der Waals surface area contributed by atoms with E-state index in [4.69, 9.17) is 16.3 Å². The molecular weight excluding hydrogens is 262 g/mol. The van der Waals surface area contributed by atoms with Crippen molar-refractivity contribution in [1.29, 1.82) is 0 Å². The van der Waals surface area contributed by atoms with Crippen molar-refractivity contribution in [3.05, 3.63) is 34.8 Å². The van der Waals surface area contributed by atoms with Gasteiger partial charge in [0.15, 0.2) is 6.61 Å². The molecule has 0 saturated heterocycles. The number of benzene rings is 1. The van der Waals surface area contributed by atoms with Crippen LogP contribution in [0.15, 0.2) is 29.8 Å². The molecule has 7 heteroatoms. The third kappa shape index (κ3) is 3.69. The maximum atomic E-state index is 11.4. The van der Waals surface area contributed by atoms with E-state index in [0.717, 1.165) is 0 Å². The number of carbonyl (C=O) groups is 1. The molecule has 0 fully saturated rings. The van der Waals surface area contributed by atoms with Crippen LogP contribution in [-0.2, 0) is 4.79 Å². The lowest BCUT2D eigenvalue weighted by molar-refractivity contribution is -0.118. The van der Waals surface area contributed by atoms with Gasteiger partial charge in [0.25, 0.3) is 5.91 Å². The third-order valence-corrected chi connectivity index (χ3v) is 2.61. The maximum absolute atomic E-state index is 11.4. The molecule has 0 unspecified atom stereocenters. The summed E-state index contributed by atoms with van der Waals surface area (Å²) in [5.74, 6) is 0.256. The van der Waals surface area contributed by atoms with Crippen LogP contribution in [0.1, 0.15) is 0 Å². The van der Waals surface area contributed by atoms with E-state index >= 15 is 0 Å². The second kappa shape index (κ2) is 5.60. The van der Waals surface area contributed by atoms with Gasteiger partial charge in [0.2, 0.25) is 5.13 Å². The van der Waals surface area contributed by atoms with Crippen LogP contribution in [0.25, 0.3) is 0 Å². The van der Waals surface area contributed by atoms with Crippen LogP contribution in [-0.4, -0.2) is 22.7 Å². The summed E-state index contributed by atoms with van der Waals surface area (Å²) in [5, 5.41) is 10.9. The molecule has 0 aliphatic carbocycles. The molecule has 1 N–H and O–H groups in total. The van der Waals surface area contributed by atoms with Crippen LogP contribution < -0.4 is 10.1 Å². The molecule has 0 aliphatic heterocycles. The zero-order chi connectivity index (χ0) is 12.1. The minimum Gasteiger partial charge on any atom is -0.484 e. The summed E-state index contributed by atoms with van der Waals surface area (Å²) in [6.07, 6.45) is 0. The smallest absolute Gasteiger partial charge is 0.264 e. The first kappa shape index (κ1) is 11.8. The number of aromatic nitrogens is 2. The minimum absolute atomic E-state index is 0.0973. The van der Waals surface area contributed by atoms with E-state index in [0.29, 0.717) is 15.9 Å². The maximum Gasteiger partial charge on any atom is 0.264 e. The SMILES string of the molecule is O=C(COc1cccc(Cl)c1)Nc1nncs1. The van der Waals surface area contributed by atoms with Gasteiger partial charge in [-0.2, -0.15) is 0 Å². The highest BCUT2D eigenvalue weighted by Crippen LogP contribution is 2.17. The van der Waals surface area contributed by atoms with Gasteiger partial charge in [0.05, 0.1) is 0 Å². The lowest BCUT2D eigenvalue weighted by Gasteiger charge is -2.05. The van der Waals surface area contributed by atoms with Crippen molar-refractivity contribution in [1.82, 2.24) is 10.2 Å². The van der Waals surface area contributed by atoms with Crippen LogP contribution >= 0.6 is 22.9 Å². The molecule has 1 heterocycles. The Hall–Kier alpha value is -1.66. The molecule has 0 saturated carbocycles. The van der Waals surface area contributed by atoms with Crippen LogP contribution in [0.3, 0.4) is 0 Å². The van der Waals surface area contributed by atoms with Crippen LogP contribution in [0.2, 0.25) is 5.02 Å². The number of halogens is 1. The summed E-state index contributed by atoms with van der Waals surface area (Å²) >= 11 is 7.02. The first-order valence-corrected chi connectivity index (χ1v) is 5.94.